The lowest BCUT2D eigenvalue weighted by Gasteiger charge is -1.90. The Morgan fingerprint density at radius 3 is 3.00 bits per heavy atom. The van der Waals surface area contributed by atoms with Gasteiger partial charge in [-0.3, -0.25) is 0 Å². The van der Waals surface area contributed by atoms with Crippen LogP contribution in [-0.2, 0) is 0 Å². The van der Waals surface area contributed by atoms with E-state index in [0.29, 0.717) is 0 Å². The number of nitrogens with one attached hydrogen (secondary N) is 1. The third-order valence-corrected chi connectivity index (χ3v) is 0.477. The van der Waals surface area contributed by atoms with E-state index in [0.717, 1.165) is 0 Å². The summed E-state index contributed by atoms with van der Waals surface area (Å²) in [4.78, 5) is 13.5. The summed E-state index contributed by atoms with van der Waals surface area (Å²) in [6.45, 7) is 1.26. The number of carbonyl (C=O) groups excluding carboxylic acids is 1. The molecule has 8 heavy (non-hydrogen) atoms. The molecule has 0 fully saturated rings. The number of aliphatic imine (C=N–C) groups is 1. The predicted octanol–water partition coefficient (Wildman–Crippen LogP) is -0.263. The van der Waals surface area contributed by atoms with Crippen LogP contribution in [0.2, 0.25) is 0 Å². The largest absolute Gasteiger partial charge is 0.376 e. The number of aliphatic hydroxyl groups excluding tert-OH is 1. The van der Waals surface area contributed by atoms with Crippen molar-refractivity contribution >= 4 is 12.2 Å². The van der Waals surface area contributed by atoms with Crippen molar-refractivity contribution in [2.24, 2.45) is 4.99 Å². The van der Waals surface area contributed by atoms with Gasteiger partial charge in [0.1, 0.15) is 6.73 Å². The van der Waals surface area contributed by atoms with Crippen LogP contribution in [0.15, 0.2) is 4.99 Å². The topological polar surface area (TPSA) is 61.7 Å². The van der Waals surface area contributed by atoms with E-state index in [2.05, 4.69) is 10.3 Å². The maximum Gasteiger partial charge on any atom is 0.342 e. The summed E-state index contributed by atoms with van der Waals surface area (Å²) in [5.41, 5.74) is 0. The minimum Gasteiger partial charge on any atom is -0.376 e. The van der Waals surface area contributed by atoms with Gasteiger partial charge in [-0.15, -0.1) is 0 Å². The molecule has 0 radical (unpaired) electrons. The molecule has 0 aliphatic heterocycles. The van der Waals surface area contributed by atoms with E-state index in [4.69, 9.17) is 5.11 Å². The van der Waals surface area contributed by atoms with Crippen LogP contribution in [0.1, 0.15) is 6.92 Å². The third-order valence-electron chi connectivity index (χ3n) is 0.477. The minimum atomic E-state index is -0.519. The van der Waals surface area contributed by atoms with Gasteiger partial charge in [-0.25, -0.2) is 9.79 Å². The normalized spacial score (nSPS) is 9.75. The summed E-state index contributed by atoms with van der Waals surface area (Å²) in [7, 11) is 0. The number of aliphatic hydroxyl groups is 1. The van der Waals surface area contributed by atoms with E-state index >= 15 is 0 Å². The zero-order valence-electron chi connectivity index (χ0n) is 4.59. The van der Waals surface area contributed by atoms with Crippen molar-refractivity contribution in [2.45, 2.75) is 6.92 Å². The van der Waals surface area contributed by atoms with Crippen LogP contribution >= 0.6 is 0 Å². The highest BCUT2D eigenvalue weighted by Crippen LogP contribution is 1.67. The van der Waals surface area contributed by atoms with Crippen molar-refractivity contribution in [1.29, 1.82) is 0 Å². The zero-order chi connectivity index (χ0) is 6.41. The Hall–Kier alpha value is -0.900. The lowest BCUT2D eigenvalue weighted by atomic mass is 10.8. The molecule has 0 spiro atoms. The average Bonchev–Trinajstić information content (AvgIpc) is 1.68. The number of amides is 2. The fraction of sp³-hybridized carbons (Fsp3) is 0.500. The van der Waals surface area contributed by atoms with E-state index in [1.54, 1.807) is 6.92 Å². The Kier molecular flexibility index (Phi) is 3.78. The molecule has 0 aromatic rings. The molecule has 0 aliphatic carbocycles. The Morgan fingerprint density at radius 2 is 2.62 bits per heavy atom. The van der Waals surface area contributed by atoms with Gasteiger partial charge >= 0.3 is 6.03 Å². The van der Waals surface area contributed by atoms with E-state index in [9.17, 15) is 4.79 Å². The number of rotatable bonds is 1. The van der Waals surface area contributed by atoms with Gasteiger partial charge < -0.3 is 10.4 Å². The van der Waals surface area contributed by atoms with Gasteiger partial charge in [-0.1, -0.05) is 0 Å². The van der Waals surface area contributed by atoms with E-state index in [1.165, 1.54) is 6.21 Å². The Labute approximate surface area is 47.2 Å². The molecule has 0 heterocycles. The van der Waals surface area contributed by atoms with Crippen molar-refractivity contribution in [1.82, 2.24) is 5.32 Å². The molecule has 0 aliphatic rings. The summed E-state index contributed by atoms with van der Waals surface area (Å²) >= 11 is 0. The van der Waals surface area contributed by atoms with Crippen molar-refractivity contribution in [3.05, 3.63) is 0 Å². The van der Waals surface area contributed by atoms with Gasteiger partial charge in [0.2, 0.25) is 0 Å². The maximum atomic E-state index is 10.2. The van der Waals surface area contributed by atoms with Crippen LogP contribution < -0.4 is 5.32 Å². The first kappa shape index (κ1) is 7.10. The summed E-state index contributed by atoms with van der Waals surface area (Å²) in [5.74, 6) is 0. The van der Waals surface area contributed by atoms with Gasteiger partial charge in [0.15, 0.2) is 0 Å². The van der Waals surface area contributed by atoms with Gasteiger partial charge in [-0.2, -0.15) is 0 Å². The number of nitrogens with zero attached hydrogens (tertiary/aromatic N) is 1. The lowest BCUT2D eigenvalue weighted by molar-refractivity contribution is 0.225. The molecule has 2 N–H and O–H groups in total. The molecule has 0 aromatic carbocycles. The lowest BCUT2D eigenvalue weighted by Crippen LogP contribution is -2.20. The highest BCUT2D eigenvalue weighted by molar-refractivity contribution is 5.82. The average molecular weight is 116 g/mol. The van der Waals surface area contributed by atoms with Crippen molar-refractivity contribution < 1.29 is 9.90 Å². The molecular formula is C4H8N2O2. The summed E-state index contributed by atoms with van der Waals surface area (Å²) < 4.78 is 0. The van der Waals surface area contributed by atoms with Crippen LogP contribution in [-0.4, -0.2) is 24.1 Å². The molecular weight excluding hydrogens is 108 g/mol. The van der Waals surface area contributed by atoms with Crippen molar-refractivity contribution in [3.63, 3.8) is 0 Å². The highest BCUT2D eigenvalue weighted by Gasteiger charge is 1.87. The monoisotopic (exact) mass is 116 g/mol. The van der Waals surface area contributed by atoms with E-state index in [1.807, 2.05) is 0 Å². The van der Waals surface area contributed by atoms with Crippen LogP contribution in [0.5, 0.6) is 0 Å². The highest BCUT2D eigenvalue weighted by atomic mass is 16.3. The van der Waals surface area contributed by atoms with E-state index < -0.39 is 6.03 Å². The van der Waals surface area contributed by atoms with Gasteiger partial charge in [0.05, 0.1) is 0 Å². The van der Waals surface area contributed by atoms with Crippen LogP contribution in [0.4, 0.5) is 4.79 Å². The summed E-state index contributed by atoms with van der Waals surface area (Å²) in [6.07, 6.45) is 1.35. The summed E-state index contributed by atoms with van der Waals surface area (Å²) in [6, 6.07) is -0.519. The number of carbonyl (C=O) groups is 1. The first-order valence-corrected chi connectivity index (χ1v) is 2.18. The quantitative estimate of drug-likeness (QED) is 0.366. The second kappa shape index (κ2) is 4.26. The molecule has 0 bridgehead atoms. The molecule has 0 saturated heterocycles. The number of hydrogen-bond donors (Lipinski definition) is 2. The molecule has 4 nitrogen and oxygen atoms in total. The predicted molar refractivity (Wildman–Crippen MR) is 29.8 cm³/mol. The first-order chi connectivity index (χ1) is 3.81. The standard InChI is InChI=1S/C4H8N2O2/c1-2-5-4(8)6-3-7/h2,7H,3H2,1H3,(H,6,8). The van der Waals surface area contributed by atoms with Gasteiger partial charge in [0, 0.05) is 6.21 Å². The first-order valence-electron chi connectivity index (χ1n) is 2.18. The molecule has 46 valence electrons. The van der Waals surface area contributed by atoms with E-state index in [-0.39, 0.29) is 6.73 Å². The molecule has 0 atom stereocenters. The number of hydrogen-bond acceptors (Lipinski definition) is 2. The molecule has 0 aromatic heterocycles. The SMILES string of the molecule is CC=NC(=O)NCO. The van der Waals surface area contributed by atoms with Crippen molar-refractivity contribution in [2.75, 3.05) is 6.73 Å². The second-order valence-electron chi connectivity index (χ2n) is 1.03. The Morgan fingerprint density at radius 1 is 2.00 bits per heavy atom. The third kappa shape index (κ3) is 3.30. The summed E-state index contributed by atoms with van der Waals surface area (Å²) in [5, 5.41) is 10.1. The molecule has 0 saturated carbocycles. The molecule has 0 unspecified atom stereocenters. The van der Waals surface area contributed by atoms with Gasteiger partial charge in [0.25, 0.3) is 0 Å². The van der Waals surface area contributed by atoms with Crippen LogP contribution in [0, 0.1) is 0 Å². The van der Waals surface area contributed by atoms with Crippen LogP contribution in [0.3, 0.4) is 0 Å². The molecule has 4 heteroatoms. The smallest absolute Gasteiger partial charge is 0.342 e. The van der Waals surface area contributed by atoms with Crippen LogP contribution in [0.25, 0.3) is 0 Å². The van der Waals surface area contributed by atoms with Gasteiger partial charge in [-0.05, 0) is 6.92 Å². The maximum absolute atomic E-state index is 10.2. The second-order valence-corrected chi connectivity index (χ2v) is 1.03. The molecule has 2 amide bonds. The molecule has 0 rings (SSSR count). The van der Waals surface area contributed by atoms with Crippen molar-refractivity contribution in [3.8, 4) is 0 Å². The fourth-order valence-corrected chi connectivity index (χ4v) is 0.231. The minimum absolute atomic E-state index is 0.365. The Balaban J connectivity index is 3.33. The number of urea groups is 1. The Bertz CT molecular complexity index is 100. The fourth-order valence-electron chi connectivity index (χ4n) is 0.231. The zero-order valence-corrected chi connectivity index (χ0v) is 4.59.